The standard InChI is InChI=1S/C17H29N3/c1-15-7-6-8-17(16(15)2)20-13-11-19(12-14-20)10-5-4-9-18-3/h6-8,18H,4-5,9-14H2,1-3H3. The van der Waals surface area contributed by atoms with E-state index in [1.807, 2.05) is 7.05 Å². The zero-order chi connectivity index (χ0) is 14.4. The molecule has 1 N–H and O–H groups in total. The molecular weight excluding hydrogens is 246 g/mol. The molecule has 0 aliphatic carbocycles. The van der Waals surface area contributed by atoms with Crippen LogP contribution in [-0.2, 0) is 0 Å². The number of hydrogen-bond donors (Lipinski definition) is 1. The van der Waals surface area contributed by atoms with Crippen LogP contribution in [-0.4, -0.2) is 51.2 Å². The van der Waals surface area contributed by atoms with Crippen molar-refractivity contribution in [2.24, 2.45) is 0 Å². The summed E-state index contributed by atoms with van der Waals surface area (Å²) in [6.45, 7) is 11.6. The molecule has 0 spiro atoms. The van der Waals surface area contributed by atoms with Gasteiger partial charge in [0.05, 0.1) is 0 Å². The summed E-state index contributed by atoms with van der Waals surface area (Å²) in [6.07, 6.45) is 2.60. The minimum atomic E-state index is 1.14. The Bertz CT molecular complexity index is 409. The maximum Gasteiger partial charge on any atom is 0.0399 e. The van der Waals surface area contributed by atoms with Gasteiger partial charge in [-0.3, -0.25) is 4.90 Å². The van der Waals surface area contributed by atoms with Crippen LogP contribution in [0, 0.1) is 13.8 Å². The van der Waals surface area contributed by atoms with Gasteiger partial charge in [0.25, 0.3) is 0 Å². The fraction of sp³-hybridized carbons (Fsp3) is 0.647. The minimum absolute atomic E-state index is 1.14. The summed E-state index contributed by atoms with van der Waals surface area (Å²) in [7, 11) is 2.03. The van der Waals surface area contributed by atoms with E-state index in [2.05, 4.69) is 47.2 Å². The number of nitrogens with one attached hydrogen (secondary N) is 1. The van der Waals surface area contributed by atoms with E-state index in [9.17, 15) is 0 Å². The largest absolute Gasteiger partial charge is 0.369 e. The number of aryl methyl sites for hydroxylation is 1. The zero-order valence-electron chi connectivity index (χ0n) is 13.3. The lowest BCUT2D eigenvalue weighted by atomic mass is 10.1. The van der Waals surface area contributed by atoms with E-state index in [0.717, 1.165) is 19.6 Å². The third-order valence-electron chi connectivity index (χ3n) is 4.44. The summed E-state index contributed by atoms with van der Waals surface area (Å²) in [5.41, 5.74) is 4.27. The highest BCUT2D eigenvalue weighted by Gasteiger charge is 2.18. The van der Waals surface area contributed by atoms with Crippen LogP contribution in [0.25, 0.3) is 0 Å². The molecule has 112 valence electrons. The SMILES string of the molecule is CNCCCCN1CCN(c2cccc(C)c2C)CC1. The summed E-state index contributed by atoms with van der Waals surface area (Å²) in [5, 5.41) is 3.22. The lowest BCUT2D eigenvalue weighted by molar-refractivity contribution is 0.253. The maximum atomic E-state index is 3.22. The summed E-state index contributed by atoms with van der Waals surface area (Å²) >= 11 is 0. The molecule has 2 rings (SSSR count). The highest BCUT2D eigenvalue weighted by Crippen LogP contribution is 2.23. The zero-order valence-corrected chi connectivity index (χ0v) is 13.3. The van der Waals surface area contributed by atoms with Crippen molar-refractivity contribution in [3.8, 4) is 0 Å². The van der Waals surface area contributed by atoms with E-state index in [4.69, 9.17) is 0 Å². The van der Waals surface area contributed by atoms with Crippen LogP contribution in [0.5, 0.6) is 0 Å². The Morgan fingerprint density at radius 1 is 1.05 bits per heavy atom. The molecule has 0 bridgehead atoms. The Morgan fingerprint density at radius 3 is 2.50 bits per heavy atom. The average Bonchev–Trinajstić information content (AvgIpc) is 2.47. The summed E-state index contributed by atoms with van der Waals surface area (Å²) in [6, 6.07) is 6.66. The van der Waals surface area contributed by atoms with Gasteiger partial charge in [-0.05, 0) is 64.0 Å². The van der Waals surface area contributed by atoms with E-state index < -0.39 is 0 Å². The van der Waals surface area contributed by atoms with E-state index in [-0.39, 0.29) is 0 Å². The third kappa shape index (κ3) is 3.97. The molecule has 3 nitrogen and oxygen atoms in total. The highest BCUT2D eigenvalue weighted by atomic mass is 15.3. The monoisotopic (exact) mass is 275 g/mol. The van der Waals surface area contributed by atoms with E-state index in [1.54, 1.807) is 0 Å². The van der Waals surface area contributed by atoms with Crippen molar-refractivity contribution in [3.63, 3.8) is 0 Å². The lowest BCUT2D eigenvalue weighted by Gasteiger charge is -2.37. The molecule has 20 heavy (non-hydrogen) atoms. The number of piperazine rings is 1. The van der Waals surface area contributed by atoms with Crippen molar-refractivity contribution in [1.82, 2.24) is 10.2 Å². The molecule has 1 aromatic rings. The quantitative estimate of drug-likeness (QED) is 0.805. The Hall–Kier alpha value is -1.06. The molecule has 1 heterocycles. The molecule has 1 aliphatic heterocycles. The third-order valence-corrected chi connectivity index (χ3v) is 4.44. The fourth-order valence-corrected chi connectivity index (χ4v) is 2.93. The van der Waals surface area contributed by atoms with Crippen molar-refractivity contribution in [2.75, 3.05) is 51.2 Å². The minimum Gasteiger partial charge on any atom is -0.369 e. The molecular formula is C17H29N3. The normalized spacial score (nSPS) is 16.6. The number of rotatable bonds is 6. The van der Waals surface area contributed by atoms with Crippen LogP contribution >= 0.6 is 0 Å². The predicted molar refractivity (Wildman–Crippen MR) is 87.7 cm³/mol. The van der Waals surface area contributed by atoms with Gasteiger partial charge in [0.15, 0.2) is 0 Å². The topological polar surface area (TPSA) is 18.5 Å². The summed E-state index contributed by atoms with van der Waals surface area (Å²) in [5.74, 6) is 0. The smallest absolute Gasteiger partial charge is 0.0399 e. The van der Waals surface area contributed by atoms with Gasteiger partial charge in [0.2, 0.25) is 0 Å². The molecule has 0 atom stereocenters. The number of nitrogens with zero attached hydrogens (tertiary/aromatic N) is 2. The Morgan fingerprint density at radius 2 is 1.80 bits per heavy atom. The van der Waals surface area contributed by atoms with Gasteiger partial charge in [0.1, 0.15) is 0 Å². The van der Waals surface area contributed by atoms with E-state index >= 15 is 0 Å². The first-order valence-corrected chi connectivity index (χ1v) is 7.90. The molecule has 0 amide bonds. The molecule has 1 saturated heterocycles. The molecule has 0 aromatic heterocycles. The van der Waals surface area contributed by atoms with Crippen LogP contribution in [0.3, 0.4) is 0 Å². The number of benzene rings is 1. The molecule has 3 heteroatoms. The summed E-state index contributed by atoms with van der Waals surface area (Å²) in [4.78, 5) is 5.16. The van der Waals surface area contributed by atoms with Gasteiger partial charge in [-0.2, -0.15) is 0 Å². The van der Waals surface area contributed by atoms with Gasteiger partial charge in [-0.15, -0.1) is 0 Å². The van der Waals surface area contributed by atoms with Crippen LogP contribution < -0.4 is 10.2 Å². The van der Waals surface area contributed by atoms with Crippen molar-refractivity contribution in [2.45, 2.75) is 26.7 Å². The number of anilines is 1. The van der Waals surface area contributed by atoms with Gasteiger partial charge in [0, 0.05) is 31.9 Å². The Kier molecular flexibility index (Phi) is 5.86. The van der Waals surface area contributed by atoms with Crippen molar-refractivity contribution in [1.29, 1.82) is 0 Å². The Labute approximate surface area is 124 Å². The molecule has 0 saturated carbocycles. The average molecular weight is 275 g/mol. The van der Waals surface area contributed by atoms with Crippen molar-refractivity contribution in [3.05, 3.63) is 29.3 Å². The first-order chi connectivity index (χ1) is 9.72. The maximum absolute atomic E-state index is 3.22. The molecule has 1 aliphatic rings. The Balaban J connectivity index is 1.80. The molecule has 1 aromatic carbocycles. The predicted octanol–water partition coefficient (Wildman–Crippen LogP) is 2.43. The van der Waals surface area contributed by atoms with Gasteiger partial charge in [-0.1, -0.05) is 12.1 Å². The van der Waals surface area contributed by atoms with E-state index in [1.165, 1.54) is 49.3 Å². The van der Waals surface area contributed by atoms with Gasteiger partial charge >= 0.3 is 0 Å². The highest BCUT2D eigenvalue weighted by molar-refractivity contribution is 5.56. The number of hydrogen-bond acceptors (Lipinski definition) is 3. The lowest BCUT2D eigenvalue weighted by Crippen LogP contribution is -2.46. The first-order valence-electron chi connectivity index (χ1n) is 7.90. The van der Waals surface area contributed by atoms with Crippen LogP contribution in [0.1, 0.15) is 24.0 Å². The summed E-state index contributed by atoms with van der Waals surface area (Å²) < 4.78 is 0. The first kappa shape index (κ1) is 15.3. The fourth-order valence-electron chi connectivity index (χ4n) is 2.93. The second-order valence-electron chi connectivity index (χ2n) is 5.86. The molecule has 0 unspecified atom stereocenters. The number of unbranched alkanes of at least 4 members (excludes halogenated alkanes) is 1. The molecule has 0 radical (unpaired) electrons. The van der Waals surface area contributed by atoms with Crippen LogP contribution in [0.15, 0.2) is 18.2 Å². The van der Waals surface area contributed by atoms with Gasteiger partial charge in [-0.25, -0.2) is 0 Å². The van der Waals surface area contributed by atoms with Gasteiger partial charge < -0.3 is 10.2 Å². The molecule has 1 fully saturated rings. The van der Waals surface area contributed by atoms with Crippen molar-refractivity contribution >= 4 is 5.69 Å². The second kappa shape index (κ2) is 7.65. The van der Waals surface area contributed by atoms with Crippen LogP contribution in [0.2, 0.25) is 0 Å². The second-order valence-corrected chi connectivity index (χ2v) is 5.86. The van der Waals surface area contributed by atoms with Crippen molar-refractivity contribution < 1.29 is 0 Å². The van der Waals surface area contributed by atoms with E-state index in [0.29, 0.717) is 0 Å². The van der Waals surface area contributed by atoms with Crippen LogP contribution in [0.4, 0.5) is 5.69 Å².